The fourth-order valence-electron chi connectivity index (χ4n) is 2.58. The number of nitrogens with one attached hydrogen (secondary N) is 1. The molecular formula is C17H13NO. The highest BCUT2D eigenvalue weighted by molar-refractivity contribution is 5.91. The summed E-state index contributed by atoms with van der Waals surface area (Å²) < 4.78 is 6.03. The van der Waals surface area contributed by atoms with Crippen molar-refractivity contribution in [3.8, 4) is 5.75 Å². The van der Waals surface area contributed by atoms with E-state index in [0.717, 1.165) is 29.0 Å². The molecule has 1 aliphatic heterocycles. The standard InChI is InChI=1S/C17H13NO/c1-4-8-16-12(5-1)9-10-17(19-16)14-11-18-15-7-3-2-6-13(14)15/h1-8,10-11,18H,9H2. The van der Waals surface area contributed by atoms with Crippen LogP contribution in [0.3, 0.4) is 0 Å². The minimum absolute atomic E-state index is 0.922. The van der Waals surface area contributed by atoms with Crippen LogP contribution < -0.4 is 4.74 Å². The number of H-pyrrole nitrogens is 1. The van der Waals surface area contributed by atoms with Crippen LogP contribution in [0.4, 0.5) is 0 Å². The molecule has 0 bridgehead atoms. The predicted molar refractivity (Wildman–Crippen MR) is 77.0 cm³/mol. The van der Waals surface area contributed by atoms with E-state index < -0.39 is 0 Å². The van der Waals surface area contributed by atoms with Gasteiger partial charge in [-0.1, -0.05) is 36.4 Å². The molecule has 1 aromatic heterocycles. The fraction of sp³-hybridized carbons (Fsp3) is 0.0588. The number of aromatic nitrogens is 1. The number of aromatic amines is 1. The molecule has 3 aromatic rings. The highest BCUT2D eigenvalue weighted by Crippen LogP contribution is 2.33. The molecule has 0 aliphatic carbocycles. The summed E-state index contributed by atoms with van der Waals surface area (Å²) in [6.07, 6.45) is 5.09. The average Bonchev–Trinajstić information content (AvgIpc) is 2.91. The normalized spacial score (nSPS) is 13.8. The zero-order valence-corrected chi connectivity index (χ0v) is 10.4. The molecular weight excluding hydrogens is 234 g/mol. The summed E-state index contributed by atoms with van der Waals surface area (Å²) in [5, 5.41) is 1.20. The summed E-state index contributed by atoms with van der Waals surface area (Å²) in [4.78, 5) is 3.29. The van der Waals surface area contributed by atoms with E-state index >= 15 is 0 Å². The fourth-order valence-corrected chi connectivity index (χ4v) is 2.58. The van der Waals surface area contributed by atoms with Crippen molar-refractivity contribution in [2.24, 2.45) is 0 Å². The first-order valence-electron chi connectivity index (χ1n) is 6.44. The second-order valence-corrected chi connectivity index (χ2v) is 4.73. The van der Waals surface area contributed by atoms with Gasteiger partial charge in [-0.3, -0.25) is 0 Å². The zero-order chi connectivity index (χ0) is 12.7. The Morgan fingerprint density at radius 2 is 1.79 bits per heavy atom. The lowest BCUT2D eigenvalue weighted by molar-refractivity contribution is 0.499. The molecule has 4 rings (SSSR count). The summed E-state index contributed by atoms with van der Waals surface area (Å²) >= 11 is 0. The monoisotopic (exact) mass is 247 g/mol. The van der Waals surface area contributed by atoms with Crippen LogP contribution >= 0.6 is 0 Å². The van der Waals surface area contributed by atoms with Gasteiger partial charge in [0.25, 0.3) is 0 Å². The maximum absolute atomic E-state index is 6.03. The Bertz CT molecular complexity index is 783. The lowest BCUT2D eigenvalue weighted by atomic mass is 10.0. The van der Waals surface area contributed by atoms with Crippen molar-refractivity contribution < 1.29 is 4.74 Å². The van der Waals surface area contributed by atoms with E-state index in [2.05, 4.69) is 35.3 Å². The highest BCUT2D eigenvalue weighted by atomic mass is 16.5. The molecule has 0 spiro atoms. The van der Waals surface area contributed by atoms with Crippen LogP contribution in [0.1, 0.15) is 11.1 Å². The van der Waals surface area contributed by atoms with Crippen molar-refractivity contribution in [1.82, 2.24) is 4.98 Å². The minimum Gasteiger partial charge on any atom is -0.457 e. The Morgan fingerprint density at radius 1 is 0.947 bits per heavy atom. The van der Waals surface area contributed by atoms with Gasteiger partial charge in [0.2, 0.25) is 0 Å². The summed E-state index contributed by atoms with van der Waals surface area (Å²) in [5.74, 6) is 1.90. The van der Waals surface area contributed by atoms with Gasteiger partial charge in [0.05, 0.1) is 0 Å². The van der Waals surface area contributed by atoms with E-state index in [1.54, 1.807) is 0 Å². The zero-order valence-electron chi connectivity index (χ0n) is 10.4. The maximum atomic E-state index is 6.03. The topological polar surface area (TPSA) is 25.0 Å². The van der Waals surface area contributed by atoms with Gasteiger partial charge in [-0.05, 0) is 30.2 Å². The molecule has 0 saturated heterocycles. The molecule has 0 atom stereocenters. The molecule has 1 N–H and O–H groups in total. The third-order valence-corrected chi connectivity index (χ3v) is 3.55. The molecule has 19 heavy (non-hydrogen) atoms. The summed E-state index contributed by atoms with van der Waals surface area (Å²) in [6.45, 7) is 0. The van der Waals surface area contributed by atoms with E-state index in [0.29, 0.717) is 0 Å². The van der Waals surface area contributed by atoms with Gasteiger partial charge in [-0.2, -0.15) is 0 Å². The van der Waals surface area contributed by atoms with Gasteiger partial charge < -0.3 is 9.72 Å². The molecule has 2 nitrogen and oxygen atoms in total. The second kappa shape index (κ2) is 4.02. The smallest absolute Gasteiger partial charge is 0.133 e. The van der Waals surface area contributed by atoms with Crippen molar-refractivity contribution in [3.05, 3.63) is 71.9 Å². The molecule has 2 aromatic carbocycles. The molecule has 0 unspecified atom stereocenters. The van der Waals surface area contributed by atoms with Crippen LogP contribution in [-0.2, 0) is 6.42 Å². The van der Waals surface area contributed by atoms with E-state index in [9.17, 15) is 0 Å². The number of hydrogen-bond acceptors (Lipinski definition) is 1. The first-order chi connectivity index (χ1) is 9.42. The Morgan fingerprint density at radius 3 is 2.79 bits per heavy atom. The van der Waals surface area contributed by atoms with Gasteiger partial charge >= 0.3 is 0 Å². The van der Waals surface area contributed by atoms with E-state index in [1.165, 1.54) is 10.9 Å². The summed E-state index contributed by atoms with van der Waals surface area (Å²) in [7, 11) is 0. The lowest BCUT2D eigenvalue weighted by Gasteiger charge is -2.17. The lowest BCUT2D eigenvalue weighted by Crippen LogP contribution is -2.03. The molecule has 0 saturated carbocycles. The van der Waals surface area contributed by atoms with Gasteiger partial charge in [-0.25, -0.2) is 0 Å². The molecule has 0 fully saturated rings. The van der Waals surface area contributed by atoms with Crippen molar-refractivity contribution in [1.29, 1.82) is 0 Å². The number of rotatable bonds is 1. The molecule has 92 valence electrons. The van der Waals surface area contributed by atoms with Crippen LogP contribution in [0.25, 0.3) is 16.7 Å². The first kappa shape index (κ1) is 10.4. The average molecular weight is 247 g/mol. The van der Waals surface area contributed by atoms with Crippen LogP contribution in [-0.4, -0.2) is 4.98 Å². The predicted octanol–water partition coefficient (Wildman–Crippen LogP) is 4.14. The van der Waals surface area contributed by atoms with E-state index in [-0.39, 0.29) is 0 Å². The largest absolute Gasteiger partial charge is 0.457 e. The SMILES string of the molecule is C1=C(c2c[nH]c3ccccc23)Oc2ccccc2C1. The molecule has 0 amide bonds. The number of ether oxygens (including phenoxy) is 1. The molecule has 0 radical (unpaired) electrons. The van der Waals surface area contributed by atoms with Crippen LogP contribution in [0.2, 0.25) is 0 Å². The Kier molecular flexibility index (Phi) is 2.21. The Labute approximate surface area is 111 Å². The third-order valence-electron chi connectivity index (χ3n) is 3.55. The maximum Gasteiger partial charge on any atom is 0.133 e. The number of para-hydroxylation sites is 2. The third kappa shape index (κ3) is 1.65. The van der Waals surface area contributed by atoms with Crippen molar-refractivity contribution >= 4 is 16.7 Å². The number of allylic oxidation sites excluding steroid dienone is 1. The van der Waals surface area contributed by atoms with Crippen LogP contribution in [0, 0.1) is 0 Å². The second-order valence-electron chi connectivity index (χ2n) is 4.73. The van der Waals surface area contributed by atoms with Crippen molar-refractivity contribution in [2.45, 2.75) is 6.42 Å². The molecule has 2 heterocycles. The van der Waals surface area contributed by atoms with Crippen molar-refractivity contribution in [2.75, 3.05) is 0 Å². The molecule has 1 aliphatic rings. The summed E-state index contributed by atoms with van der Waals surface area (Å²) in [5.41, 5.74) is 3.51. The van der Waals surface area contributed by atoms with E-state index in [1.807, 2.05) is 30.5 Å². The highest BCUT2D eigenvalue weighted by Gasteiger charge is 2.16. The number of hydrogen-bond donors (Lipinski definition) is 1. The molecule has 2 heteroatoms. The van der Waals surface area contributed by atoms with Gasteiger partial charge in [0.15, 0.2) is 0 Å². The number of benzene rings is 2. The van der Waals surface area contributed by atoms with Crippen molar-refractivity contribution in [3.63, 3.8) is 0 Å². The minimum atomic E-state index is 0.922. The first-order valence-corrected chi connectivity index (χ1v) is 6.44. The Hall–Kier alpha value is -2.48. The quantitative estimate of drug-likeness (QED) is 0.686. The van der Waals surface area contributed by atoms with Gasteiger partial charge in [0.1, 0.15) is 11.5 Å². The van der Waals surface area contributed by atoms with E-state index in [4.69, 9.17) is 4.74 Å². The summed E-state index contributed by atoms with van der Waals surface area (Å²) in [6, 6.07) is 16.5. The Balaban J connectivity index is 1.81. The van der Waals surface area contributed by atoms with Gasteiger partial charge in [-0.15, -0.1) is 0 Å². The van der Waals surface area contributed by atoms with Crippen LogP contribution in [0.15, 0.2) is 60.8 Å². The van der Waals surface area contributed by atoms with Gasteiger partial charge in [0, 0.05) is 22.7 Å². The number of fused-ring (bicyclic) bond motifs is 2. The van der Waals surface area contributed by atoms with Crippen LogP contribution in [0.5, 0.6) is 5.75 Å².